The van der Waals surface area contributed by atoms with Crippen LogP contribution in [0.5, 0.6) is 0 Å². The molecule has 76 valence electrons. The Labute approximate surface area is 87.5 Å². The lowest BCUT2D eigenvalue weighted by molar-refractivity contribution is 0.0914. The van der Waals surface area contributed by atoms with Crippen molar-refractivity contribution in [3.8, 4) is 0 Å². The number of hydrogen-bond donors (Lipinski definition) is 2. The lowest BCUT2D eigenvalue weighted by Gasteiger charge is -2.32. The van der Waals surface area contributed by atoms with E-state index in [0.717, 1.165) is 16.1 Å². The smallest absolute Gasteiger partial charge is 0.256 e. The van der Waals surface area contributed by atoms with Gasteiger partial charge < -0.3 is 10.6 Å². The number of anilines is 1. The molecule has 1 aromatic heterocycles. The molecule has 3 nitrogen and oxygen atoms in total. The SMILES string of the molecule is Cc1sc2c(c1C)C(=O)NC(C)(C)N2. The second kappa shape index (κ2) is 2.73. The van der Waals surface area contributed by atoms with E-state index < -0.39 is 0 Å². The molecule has 2 rings (SSSR count). The first-order valence-corrected chi connectivity index (χ1v) is 5.43. The highest BCUT2D eigenvalue weighted by Crippen LogP contribution is 2.36. The van der Waals surface area contributed by atoms with E-state index in [1.54, 1.807) is 11.3 Å². The number of carbonyl (C=O) groups is 1. The van der Waals surface area contributed by atoms with Crippen molar-refractivity contribution < 1.29 is 4.79 Å². The van der Waals surface area contributed by atoms with Crippen LogP contribution in [0.2, 0.25) is 0 Å². The van der Waals surface area contributed by atoms with Gasteiger partial charge in [0, 0.05) is 4.88 Å². The van der Waals surface area contributed by atoms with E-state index in [9.17, 15) is 4.79 Å². The summed E-state index contributed by atoms with van der Waals surface area (Å²) >= 11 is 1.65. The second-order valence-electron chi connectivity index (χ2n) is 4.19. The molecule has 1 amide bonds. The van der Waals surface area contributed by atoms with E-state index in [2.05, 4.69) is 10.6 Å². The van der Waals surface area contributed by atoms with Gasteiger partial charge in [-0.05, 0) is 33.3 Å². The summed E-state index contributed by atoms with van der Waals surface area (Å²) in [6, 6.07) is 0. The Bertz CT molecular complexity index is 406. The molecule has 0 atom stereocenters. The number of amides is 1. The molecule has 2 heterocycles. The summed E-state index contributed by atoms with van der Waals surface area (Å²) in [5.74, 6) is 0.0330. The van der Waals surface area contributed by atoms with Crippen LogP contribution in [0.25, 0.3) is 0 Å². The van der Waals surface area contributed by atoms with E-state index in [1.807, 2.05) is 27.7 Å². The number of hydrogen-bond acceptors (Lipinski definition) is 3. The maximum atomic E-state index is 11.8. The lowest BCUT2D eigenvalue weighted by Crippen LogP contribution is -2.52. The van der Waals surface area contributed by atoms with Gasteiger partial charge in [0.2, 0.25) is 0 Å². The van der Waals surface area contributed by atoms with Gasteiger partial charge in [0.1, 0.15) is 10.7 Å². The fourth-order valence-corrected chi connectivity index (χ4v) is 2.87. The standard InChI is InChI=1S/C10H14N2OS/c1-5-6(2)14-9-7(5)8(13)11-10(3,4)12-9/h12H,1-4H3,(H,11,13). The predicted octanol–water partition coefficient (Wildman–Crippen LogP) is 2.26. The number of rotatable bonds is 0. The minimum Gasteiger partial charge on any atom is -0.354 e. The van der Waals surface area contributed by atoms with Crippen LogP contribution >= 0.6 is 11.3 Å². The van der Waals surface area contributed by atoms with E-state index in [-0.39, 0.29) is 11.6 Å². The Morgan fingerprint density at radius 1 is 1.21 bits per heavy atom. The molecule has 14 heavy (non-hydrogen) atoms. The predicted molar refractivity (Wildman–Crippen MR) is 59.0 cm³/mol. The summed E-state index contributed by atoms with van der Waals surface area (Å²) in [5, 5.41) is 7.23. The maximum absolute atomic E-state index is 11.8. The van der Waals surface area contributed by atoms with Crippen LogP contribution in [-0.4, -0.2) is 11.6 Å². The fourth-order valence-electron chi connectivity index (χ4n) is 1.65. The molecular formula is C10H14N2OS. The number of carbonyl (C=O) groups excluding carboxylic acids is 1. The molecule has 0 bridgehead atoms. The topological polar surface area (TPSA) is 41.1 Å². The number of thiophene rings is 1. The summed E-state index contributed by atoms with van der Waals surface area (Å²) in [6.07, 6.45) is 0. The Morgan fingerprint density at radius 2 is 1.86 bits per heavy atom. The van der Waals surface area contributed by atoms with E-state index in [1.165, 1.54) is 4.88 Å². The minimum atomic E-state index is -0.339. The van der Waals surface area contributed by atoms with E-state index in [0.29, 0.717) is 0 Å². The molecule has 0 saturated carbocycles. The zero-order chi connectivity index (χ0) is 10.5. The molecule has 0 spiro atoms. The van der Waals surface area contributed by atoms with Crippen molar-refractivity contribution in [2.75, 3.05) is 5.32 Å². The maximum Gasteiger partial charge on any atom is 0.256 e. The van der Waals surface area contributed by atoms with Crippen LogP contribution in [0, 0.1) is 13.8 Å². The molecule has 0 fully saturated rings. The molecule has 4 heteroatoms. The largest absolute Gasteiger partial charge is 0.354 e. The van der Waals surface area contributed by atoms with Crippen molar-refractivity contribution in [1.82, 2.24) is 5.32 Å². The van der Waals surface area contributed by atoms with E-state index in [4.69, 9.17) is 0 Å². The van der Waals surface area contributed by atoms with Crippen molar-refractivity contribution in [3.63, 3.8) is 0 Å². The van der Waals surface area contributed by atoms with Gasteiger partial charge in [0.25, 0.3) is 5.91 Å². The molecule has 0 saturated heterocycles. The molecule has 0 aliphatic carbocycles. The third-order valence-corrected chi connectivity index (χ3v) is 3.59. The van der Waals surface area contributed by atoms with Crippen LogP contribution < -0.4 is 10.6 Å². The summed E-state index contributed by atoms with van der Waals surface area (Å²) in [7, 11) is 0. The van der Waals surface area contributed by atoms with Crippen LogP contribution in [0.4, 0.5) is 5.00 Å². The van der Waals surface area contributed by atoms with Crippen molar-refractivity contribution in [1.29, 1.82) is 0 Å². The highest BCUT2D eigenvalue weighted by molar-refractivity contribution is 7.16. The van der Waals surface area contributed by atoms with Gasteiger partial charge in [-0.1, -0.05) is 0 Å². The zero-order valence-corrected chi connectivity index (χ0v) is 9.63. The summed E-state index contributed by atoms with van der Waals surface area (Å²) in [5.41, 5.74) is 1.56. The van der Waals surface area contributed by atoms with Gasteiger partial charge >= 0.3 is 0 Å². The van der Waals surface area contributed by atoms with Crippen molar-refractivity contribution in [3.05, 3.63) is 16.0 Å². The van der Waals surface area contributed by atoms with Crippen LogP contribution in [0.1, 0.15) is 34.6 Å². The summed E-state index contributed by atoms with van der Waals surface area (Å²) < 4.78 is 0. The third kappa shape index (κ3) is 1.30. The van der Waals surface area contributed by atoms with Crippen molar-refractivity contribution in [2.24, 2.45) is 0 Å². The number of aryl methyl sites for hydroxylation is 1. The van der Waals surface area contributed by atoms with Crippen molar-refractivity contribution in [2.45, 2.75) is 33.4 Å². The van der Waals surface area contributed by atoms with Gasteiger partial charge in [0.15, 0.2) is 0 Å². The Balaban J connectivity index is 2.56. The quantitative estimate of drug-likeness (QED) is 0.689. The molecule has 1 aromatic rings. The van der Waals surface area contributed by atoms with Gasteiger partial charge in [-0.2, -0.15) is 0 Å². The summed E-state index contributed by atoms with van der Waals surface area (Å²) in [6.45, 7) is 7.95. The average Bonchev–Trinajstić information content (AvgIpc) is 2.24. The third-order valence-electron chi connectivity index (χ3n) is 2.46. The van der Waals surface area contributed by atoms with Gasteiger partial charge in [-0.3, -0.25) is 4.79 Å². The second-order valence-corrected chi connectivity index (χ2v) is 5.42. The van der Waals surface area contributed by atoms with Gasteiger partial charge in [-0.15, -0.1) is 11.3 Å². The highest BCUT2D eigenvalue weighted by Gasteiger charge is 2.32. The Morgan fingerprint density at radius 3 is 2.50 bits per heavy atom. The minimum absolute atomic E-state index is 0.0330. The summed E-state index contributed by atoms with van der Waals surface area (Å²) in [4.78, 5) is 13.0. The lowest BCUT2D eigenvalue weighted by atomic mass is 10.1. The Hall–Kier alpha value is -1.03. The first-order valence-electron chi connectivity index (χ1n) is 4.61. The first-order chi connectivity index (χ1) is 6.41. The number of nitrogens with one attached hydrogen (secondary N) is 2. The molecule has 0 aromatic carbocycles. The monoisotopic (exact) mass is 210 g/mol. The van der Waals surface area contributed by atoms with Gasteiger partial charge in [-0.25, -0.2) is 0 Å². The van der Waals surface area contributed by atoms with Crippen LogP contribution in [0.15, 0.2) is 0 Å². The average molecular weight is 210 g/mol. The zero-order valence-electron chi connectivity index (χ0n) is 8.82. The number of fused-ring (bicyclic) bond motifs is 1. The van der Waals surface area contributed by atoms with Crippen LogP contribution in [-0.2, 0) is 0 Å². The molecule has 0 unspecified atom stereocenters. The molecule has 0 radical (unpaired) electrons. The van der Waals surface area contributed by atoms with Gasteiger partial charge in [0.05, 0.1) is 5.56 Å². The normalized spacial score (nSPS) is 18.4. The Kier molecular flexibility index (Phi) is 1.86. The molecule has 1 aliphatic heterocycles. The fraction of sp³-hybridized carbons (Fsp3) is 0.500. The first kappa shape index (κ1) is 9.52. The highest BCUT2D eigenvalue weighted by atomic mass is 32.1. The van der Waals surface area contributed by atoms with Crippen LogP contribution in [0.3, 0.4) is 0 Å². The van der Waals surface area contributed by atoms with Crippen molar-refractivity contribution >= 4 is 22.2 Å². The molecule has 2 N–H and O–H groups in total. The molecular weight excluding hydrogens is 196 g/mol. The van der Waals surface area contributed by atoms with E-state index >= 15 is 0 Å². The molecule has 1 aliphatic rings.